The molecule has 31 heavy (non-hydrogen) atoms. The van der Waals surface area contributed by atoms with Gasteiger partial charge in [-0.05, 0) is 35.9 Å². The van der Waals surface area contributed by atoms with Gasteiger partial charge in [-0.2, -0.15) is 0 Å². The molecule has 1 aliphatic heterocycles. The minimum Gasteiger partial charge on any atom is -0.371 e. The Morgan fingerprint density at radius 1 is 1.16 bits per heavy atom. The second-order valence-electron chi connectivity index (χ2n) is 7.72. The molecule has 0 radical (unpaired) electrons. The highest BCUT2D eigenvalue weighted by Gasteiger charge is 2.23. The number of para-hydroxylation sites is 1. The molecule has 6 nitrogen and oxygen atoms in total. The van der Waals surface area contributed by atoms with Crippen molar-refractivity contribution < 1.29 is 4.79 Å². The Balaban J connectivity index is 1.23. The fourth-order valence-electron chi connectivity index (χ4n) is 4.03. The molecule has 1 N–H and O–H groups in total. The van der Waals surface area contributed by atoms with Crippen molar-refractivity contribution in [2.75, 3.05) is 24.5 Å². The van der Waals surface area contributed by atoms with Gasteiger partial charge in [0.15, 0.2) is 0 Å². The van der Waals surface area contributed by atoms with E-state index in [9.17, 15) is 9.59 Å². The number of nitrogens with one attached hydrogen (secondary N) is 1. The first-order valence-electron chi connectivity index (χ1n) is 10.3. The van der Waals surface area contributed by atoms with Gasteiger partial charge < -0.3 is 10.2 Å². The van der Waals surface area contributed by atoms with Crippen LogP contribution in [0.1, 0.15) is 6.42 Å². The van der Waals surface area contributed by atoms with E-state index in [4.69, 9.17) is 0 Å². The maximum Gasteiger partial charge on any atom is 0.263 e. The summed E-state index contributed by atoms with van der Waals surface area (Å²) in [5, 5.41) is 7.56. The molecule has 1 fully saturated rings. The molecule has 4 heterocycles. The van der Waals surface area contributed by atoms with Gasteiger partial charge in [0.05, 0.1) is 11.7 Å². The lowest BCUT2D eigenvalue weighted by Crippen LogP contribution is -2.35. The molecule has 0 bridgehead atoms. The zero-order valence-electron chi connectivity index (χ0n) is 16.9. The van der Waals surface area contributed by atoms with E-state index in [0.717, 1.165) is 30.0 Å². The average molecular weight is 451 g/mol. The topological polar surface area (TPSA) is 67.2 Å². The van der Waals surface area contributed by atoms with Crippen molar-refractivity contribution in [3.05, 3.63) is 69.9 Å². The molecule has 158 valence electrons. The van der Waals surface area contributed by atoms with Crippen LogP contribution in [-0.4, -0.2) is 35.1 Å². The van der Waals surface area contributed by atoms with Crippen LogP contribution < -0.4 is 15.8 Å². The molecule has 0 aliphatic carbocycles. The Bertz CT molecular complexity index is 1250. The summed E-state index contributed by atoms with van der Waals surface area (Å²) < 4.78 is 1.41. The zero-order valence-corrected chi connectivity index (χ0v) is 18.5. The maximum atomic E-state index is 13.0. The van der Waals surface area contributed by atoms with Gasteiger partial charge in [0.1, 0.15) is 11.4 Å². The standard InChI is InChI=1S/C23H22N4O2S2/c28-20(24-11-16-8-9-26(12-16)17-5-2-1-3-6-17)13-27-15-25-22-21(23(27)29)18(14-31-22)19-7-4-10-30-19/h1-7,10,14-16H,8-9,11-13H2,(H,24,28). The Kier molecular flexibility index (Phi) is 5.57. The number of nitrogens with zero attached hydrogens (tertiary/aromatic N) is 3. The van der Waals surface area contributed by atoms with Gasteiger partial charge in [-0.3, -0.25) is 14.2 Å². The van der Waals surface area contributed by atoms with Crippen LogP contribution in [0.15, 0.2) is 64.3 Å². The molecule has 1 unspecified atom stereocenters. The Hall–Kier alpha value is -2.97. The van der Waals surface area contributed by atoms with Crippen LogP contribution in [-0.2, 0) is 11.3 Å². The first kappa shape index (κ1) is 20.0. The van der Waals surface area contributed by atoms with Gasteiger partial charge in [0.2, 0.25) is 5.91 Å². The van der Waals surface area contributed by atoms with Crippen LogP contribution in [0.25, 0.3) is 20.7 Å². The molecule has 0 saturated carbocycles. The predicted octanol–water partition coefficient (Wildman–Crippen LogP) is 3.83. The average Bonchev–Trinajstić information content (AvgIpc) is 3.55. The number of carbonyl (C=O) groups excluding carboxylic acids is 1. The summed E-state index contributed by atoms with van der Waals surface area (Å²) in [5.74, 6) is 0.248. The van der Waals surface area contributed by atoms with Crippen molar-refractivity contribution in [1.82, 2.24) is 14.9 Å². The molecule has 1 amide bonds. The van der Waals surface area contributed by atoms with Gasteiger partial charge in [-0.25, -0.2) is 4.98 Å². The maximum absolute atomic E-state index is 13.0. The van der Waals surface area contributed by atoms with E-state index in [1.165, 1.54) is 27.9 Å². The van der Waals surface area contributed by atoms with Crippen LogP contribution >= 0.6 is 22.7 Å². The van der Waals surface area contributed by atoms with Gasteiger partial charge >= 0.3 is 0 Å². The molecule has 1 atom stereocenters. The largest absolute Gasteiger partial charge is 0.371 e. The quantitative estimate of drug-likeness (QED) is 0.485. The number of anilines is 1. The van der Waals surface area contributed by atoms with Crippen molar-refractivity contribution in [3.8, 4) is 10.4 Å². The van der Waals surface area contributed by atoms with E-state index in [-0.39, 0.29) is 18.0 Å². The lowest BCUT2D eigenvalue weighted by atomic mass is 10.1. The zero-order chi connectivity index (χ0) is 21.2. The van der Waals surface area contributed by atoms with Gasteiger partial charge in [0, 0.05) is 41.1 Å². The normalized spacial score (nSPS) is 16.1. The Labute approximate surface area is 187 Å². The molecule has 1 aliphatic rings. The van der Waals surface area contributed by atoms with Crippen molar-refractivity contribution >= 4 is 44.5 Å². The molecule has 5 rings (SSSR count). The van der Waals surface area contributed by atoms with Crippen molar-refractivity contribution in [2.24, 2.45) is 5.92 Å². The van der Waals surface area contributed by atoms with E-state index >= 15 is 0 Å². The molecular weight excluding hydrogens is 428 g/mol. The number of rotatable bonds is 6. The summed E-state index contributed by atoms with van der Waals surface area (Å²) >= 11 is 3.05. The summed E-state index contributed by atoms with van der Waals surface area (Å²) in [5.41, 5.74) is 1.95. The number of carbonyl (C=O) groups is 1. The third-order valence-electron chi connectivity index (χ3n) is 5.66. The van der Waals surface area contributed by atoms with E-state index in [1.54, 1.807) is 11.3 Å². The third kappa shape index (κ3) is 4.13. The first-order valence-corrected chi connectivity index (χ1v) is 12.0. The molecule has 8 heteroatoms. The second-order valence-corrected chi connectivity index (χ2v) is 9.53. The number of thiophene rings is 2. The Morgan fingerprint density at radius 2 is 2.03 bits per heavy atom. The minimum absolute atomic E-state index is 0.0172. The molecular formula is C23H22N4O2S2. The minimum atomic E-state index is -0.166. The van der Waals surface area contributed by atoms with E-state index in [1.807, 2.05) is 41.1 Å². The SMILES string of the molecule is O=C(Cn1cnc2scc(-c3cccs3)c2c1=O)NCC1CCN(c2ccccc2)C1. The van der Waals surface area contributed by atoms with E-state index in [0.29, 0.717) is 22.7 Å². The smallest absolute Gasteiger partial charge is 0.263 e. The van der Waals surface area contributed by atoms with Crippen molar-refractivity contribution in [2.45, 2.75) is 13.0 Å². The van der Waals surface area contributed by atoms with Gasteiger partial charge in [-0.15, -0.1) is 22.7 Å². The summed E-state index contributed by atoms with van der Waals surface area (Å²) in [6.45, 7) is 2.52. The van der Waals surface area contributed by atoms with E-state index < -0.39 is 0 Å². The van der Waals surface area contributed by atoms with Crippen LogP contribution in [0.4, 0.5) is 5.69 Å². The Morgan fingerprint density at radius 3 is 2.84 bits per heavy atom. The second kappa shape index (κ2) is 8.64. The highest BCUT2D eigenvalue weighted by atomic mass is 32.1. The number of hydrogen-bond acceptors (Lipinski definition) is 6. The molecule has 1 aromatic carbocycles. The third-order valence-corrected chi connectivity index (χ3v) is 7.45. The number of benzene rings is 1. The lowest BCUT2D eigenvalue weighted by Gasteiger charge is -2.18. The lowest BCUT2D eigenvalue weighted by molar-refractivity contribution is -0.121. The molecule has 0 spiro atoms. The van der Waals surface area contributed by atoms with E-state index in [2.05, 4.69) is 27.3 Å². The fraction of sp³-hybridized carbons (Fsp3) is 0.261. The summed E-state index contributed by atoms with van der Waals surface area (Å²) in [7, 11) is 0. The number of aromatic nitrogens is 2. The highest BCUT2D eigenvalue weighted by Crippen LogP contribution is 2.33. The highest BCUT2D eigenvalue weighted by molar-refractivity contribution is 7.18. The summed E-state index contributed by atoms with van der Waals surface area (Å²) in [6, 6.07) is 14.3. The van der Waals surface area contributed by atoms with Crippen molar-refractivity contribution in [3.63, 3.8) is 0 Å². The number of amides is 1. The predicted molar refractivity (Wildman–Crippen MR) is 127 cm³/mol. The fourth-order valence-corrected chi connectivity index (χ4v) is 5.76. The van der Waals surface area contributed by atoms with Gasteiger partial charge in [-0.1, -0.05) is 24.3 Å². The number of hydrogen-bond donors (Lipinski definition) is 1. The van der Waals surface area contributed by atoms with Crippen LogP contribution in [0.2, 0.25) is 0 Å². The summed E-state index contributed by atoms with van der Waals surface area (Å²) in [4.78, 5) is 34.1. The van der Waals surface area contributed by atoms with Crippen molar-refractivity contribution in [1.29, 1.82) is 0 Å². The van der Waals surface area contributed by atoms with Crippen LogP contribution in [0.3, 0.4) is 0 Å². The van der Waals surface area contributed by atoms with Crippen LogP contribution in [0.5, 0.6) is 0 Å². The summed E-state index contributed by atoms with van der Waals surface area (Å²) in [6.07, 6.45) is 2.52. The molecule has 4 aromatic rings. The van der Waals surface area contributed by atoms with Gasteiger partial charge in [0.25, 0.3) is 5.56 Å². The first-order chi connectivity index (χ1) is 15.2. The van der Waals surface area contributed by atoms with Crippen LogP contribution in [0, 0.1) is 5.92 Å². The monoisotopic (exact) mass is 450 g/mol. The molecule has 3 aromatic heterocycles. The molecule has 1 saturated heterocycles. The number of fused-ring (bicyclic) bond motifs is 1.